The quantitative estimate of drug-likeness (QED) is 0.492. The van der Waals surface area contributed by atoms with Crippen LogP contribution < -0.4 is 0 Å². The lowest BCUT2D eigenvalue weighted by atomic mass is 9.98. The van der Waals surface area contributed by atoms with Crippen molar-refractivity contribution in [2.75, 3.05) is 6.54 Å². The van der Waals surface area contributed by atoms with Crippen molar-refractivity contribution in [2.45, 2.75) is 38.2 Å². The maximum Gasteiger partial charge on any atom is 0.326 e. The van der Waals surface area contributed by atoms with E-state index in [1.807, 2.05) is 0 Å². The zero-order valence-corrected chi connectivity index (χ0v) is 8.55. The van der Waals surface area contributed by atoms with Gasteiger partial charge in [-0.05, 0) is 25.7 Å². The Labute approximate surface area is 88.4 Å². The highest BCUT2D eigenvalue weighted by atomic mass is 16.5. The molecule has 0 bridgehead atoms. The van der Waals surface area contributed by atoms with Crippen molar-refractivity contribution in [3.63, 3.8) is 0 Å². The average Bonchev–Trinajstić information content (AvgIpc) is 2.27. The van der Waals surface area contributed by atoms with Crippen LogP contribution >= 0.6 is 0 Å². The van der Waals surface area contributed by atoms with Crippen molar-refractivity contribution in [3.8, 4) is 0 Å². The number of esters is 1. The van der Waals surface area contributed by atoms with Gasteiger partial charge in [0.15, 0.2) is 0 Å². The number of imide groups is 1. The highest BCUT2D eigenvalue weighted by Gasteiger charge is 2.18. The van der Waals surface area contributed by atoms with Gasteiger partial charge in [-0.15, -0.1) is 0 Å². The van der Waals surface area contributed by atoms with Crippen molar-refractivity contribution in [3.05, 3.63) is 0 Å². The van der Waals surface area contributed by atoms with Gasteiger partial charge in [0, 0.05) is 0 Å². The van der Waals surface area contributed by atoms with Gasteiger partial charge in [-0.1, -0.05) is 6.42 Å². The zero-order valence-electron chi connectivity index (χ0n) is 8.55. The molecule has 1 fully saturated rings. The fourth-order valence-corrected chi connectivity index (χ4v) is 1.65. The standard InChI is InChI=1S/C10H15NO4/c12-7-11(8-13)6-10(14)15-9-4-2-1-3-5-9/h7-9H,1-6H2. The summed E-state index contributed by atoms with van der Waals surface area (Å²) in [5, 5.41) is 0. The van der Waals surface area contributed by atoms with Crippen LogP contribution in [0, 0.1) is 0 Å². The lowest BCUT2D eigenvalue weighted by Crippen LogP contribution is -2.31. The van der Waals surface area contributed by atoms with Gasteiger partial charge in [0.25, 0.3) is 0 Å². The first-order chi connectivity index (χ1) is 7.26. The summed E-state index contributed by atoms with van der Waals surface area (Å²) in [4.78, 5) is 32.5. The average molecular weight is 213 g/mol. The van der Waals surface area contributed by atoms with Crippen molar-refractivity contribution >= 4 is 18.8 Å². The Morgan fingerprint density at radius 1 is 1.20 bits per heavy atom. The fourth-order valence-electron chi connectivity index (χ4n) is 1.65. The molecule has 15 heavy (non-hydrogen) atoms. The molecular weight excluding hydrogens is 198 g/mol. The van der Waals surface area contributed by atoms with E-state index in [0.29, 0.717) is 12.8 Å². The maximum absolute atomic E-state index is 11.3. The number of carbonyl (C=O) groups excluding carboxylic acids is 3. The topological polar surface area (TPSA) is 63.7 Å². The predicted molar refractivity (Wildman–Crippen MR) is 51.8 cm³/mol. The molecule has 1 saturated carbocycles. The Balaban J connectivity index is 2.27. The van der Waals surface area contributed by atoms with Gasteiger partial charge in [0.05, 0.1) is 0 Å². The predicted octanol–water partition coefficient (Wildman–Crippen LogP) is 0.477. The van der Waals surface area contributed by atoms with E-state index in [0.717, 1.165) is 30.6 Å². The monoisotopic (exact) mass is 213 g/mol. The van der Waals surface area contributed by atoms with E-state index in [1.54, 1.807) is 0 Å². The van der Waals surface area contributed by atoms with Gasteiger partial charge in [0.1, 0.15) is 12.6 Å². The van der Waals surface area contributed by atoms with Crippen LogP contribution in [0.25, 0.3) is 0 Å². The molecule has 84 valence electrons. The molecule has 0 unspecified atom stereocenters. The molecule has 0 atom stereocenters. The number of hydrogen-bond donors (Lipinski definition) is 0. The van der Waals surface area contributed by atoms with E-state index in [2.05, 4.69) is 0 Å². The normalized spacial score (nSPS) is 16.8. The molecule has 0 aromatic rings. The summed E-state index contributed by atoms with van der Waals surface area (Å²) in [6.45, 7) is -0.288. The summed E-state index contributed by atoms with van der Waals surface area (Å²) in [6, 6.07) is 0. The third-order valence-electron chi connectivity index (χ3n) is 2.43. The van der Waals surface area contributed by atoms with Crippen LogP contribution in [-0.2, 0) is 19.1 Å². The molecule has 0 N–H and O–H groups in total. The number of hydrogen-bond acceptors (Lipinski definition) is 4. The van der Waals surface area contributed by atoms with Crippen molar-refractivity contribution < 1.29 is 19.1 Å². The van der Waals surface area contributed by atoms with E-state index in [4.69, 9.17) is 4.74 Å². The molecule has 2 amide bonds. The molecule has 1 rings (SSSR count). The van der Waals surface area contributed by atoms with Gasteiger partial charge in [-0.25, -0.2) is 0 Å². The molecule has 0 aromatic heterocycles. The summed E-state index contributed by atoms with van der Waals surface area (Å²) >= 11 is 0. The largest absolute Gasteiger partial charge is 0.461 e. The van der Waals surface area contributed by atoms with Crippen LogP contribution in [-0.4, -0.2) is 36.3 Å². The minimum Gasteiger partial charge on any atom is -0.461 e. The lowest BCUT2D eigenvalue weighted by Gasteiger charge is -2.22. The molecule has 0 spiro atoms. The number of ether oxygens (including phenoxy) is 1. The summed E-state index contributed by atoms with van der Waals surface area (Å²) < 4.78 is 5.13. The van der Waals surface area contributed by atoms with Crippen LogP contribution in [0.4, 0.5) is 0 Å². The number of amides is 2. The van der Waals surface area contributed by atoms with Crippen LogP contribution in [0.2, 0.25) is 0 Å². The van der Waals surface area contributed by atoms with Crippen molar-refractivity contribution in [2.24, 2.45) is 0 Å². The molecule has 5 nitrogen and oxygen atoms in total. The molecule has 5 heteroatoms. The van der Waals surface area contributed by atoms with Gasteiger partial charge in [-0.2, -0.15) is 0 Å². The third kappa shape index (κ3) is 4.10. The van der Waals surface area contributed by atoms with Gasteiger partial charge in [-0.3, -0.25) is 19.3 Å². The van der Waals surface area contributed by atoms with Gasteiger partial charge < -0.3 is 4.74 Å². The molecule has 1 aliphatic rings. The second-order valence-corrected chi connectivity index (χ2v) is 3.63. The number of rotatable bonds is 5. The molecule has 0 saturated heterocycles. The van der Waals surface area contributed by atoms with Gasteiger partial charge >= 0.3 is 5.97 Å². The minimum absolute atomic E-state index is 0.0357. The summed E-state index contributed by atoms with van der Waals surface area (Å²) in [7, 11) is 0. The Bertz CT molecular complexity index is 228. The SMILES string of the molecule is O=CN(C=O)CC(=O)OC1CCCCC1. The van der Waals surface area contributed by atoms with E-state index in [-0.39, 0.29) is 12.6 Å². The third-order valence-corrected chi connectivity index (χ3v) is 2.43. The maximum atomic E-state index is 11.3. The van der Waals surface area contributed by atoms with E-state index < -0.39 is 5.97 Å². The second kappa shape index (κ2) is 6.16. The lowest BCUT2D eigenvalue weighted by molar-refractivity contribution is -0.154. The van der Waals surface area contributed by atoms with E-state index >= 15 is 0 Å². The number of carbonyl (C=O) groups is 3. The molecule has 1 aliphatic carbocycles. The molecule has 0 radical (unpaired) electrons. The highest BCUT2D eigenvalue weighted by Crippen LogP contribution is 2.20. The summed E-state index contributed by atoms with van der Waals surface area (Å²) in [5.41, 5.74) is 0. The minimum atomic E-state index is -0.513. The first-order valence-corrected chi connectivity index (χ1v) is 5.12. The van der Waals surface area contributed by atoms with E-state index in [9.17, 15) is 14.4 Å². The first-order valence-electron chi connectivity index (χ1n) is 5.12. The molecular formula is C10H15NO4. The highest BCUT2D eigenvalue weighted by molar-refractivity contribution is 5.80. The summed E-state index contributed by atoms with van der Waals surface area (Å²) in [6.07, 6.45) is 5.69. The summed E-state index contributed by atoms with van der Waals surface area (Å²) in [5.74, 6) is -0.513. The smallest absolute Gasteiger partial charge is 0.326 e. The van der Waals surface area contributed by atoms with Crippen molar-refractivity contribution in [1.82, 2.24) is 4.90 Å². The van der Waals surface area contributed by atoms with Crippen LogP contribution in [0.1, 0.15) is 32.1 Å². The second-order valence-electron chi connectivity index (χ2n) is 3.63. The van der Waals surface area contributed by atoms with Crippen LogP contribution in [0.5, 0.6) is 0 Å². The first kappa shape index (κ1) is 11.7. The van der Waals surface area contributed by atoms with Crippen molar-refractivity contribution in [1.29, 1.82) is 0 Å². The van der Waals surface area contributed by atoms with E-state index in [1.165, 1.54) is 6.42 Å². The Morgan fingerprint density at radius 2 is 1.80 bits per heavy atom. The van der Waals surface area contributed by atoms with Gasteiger partial charge in [0.2, 0.25) is 12.8 Å². The van der Waals surface area contributed by atoms with Crippen LogP contribution in [0.3, 0.4) is 0 Å². The fraction of sp³-hybridized carbons (Fsp3) is 0.700. The van der Waals surface area contributed by atoms with Crippen LogP contribution in [0.15, 0.2) is 0 Å². The zero-order chi connectivity index (χ0) is 11.1. The molecule has 0 aliphatic heterocycles. The number of nitrogens with zero attached hydrogens (tertiary/aromatic N) is 1. The Hall–Kier alpha value is -1.39. The Morgan fingerprint density at radius 3 is 2.33 bits per heavy atom. The molecule has 0 heterocycles. The Kier molecular flexibility index (Phi) is 4.80. The molecule has 0 aromatic carbocycles.